The van der Waals surface area contributed by atoms with E-state index >= 15 is 0 Å². The Morgan fingerprint density at radius 2 is 2.09 bits per heavy atom. The molecule has 0 aliphatic heterocycles. The second kappa shape index (κ2) is 7.25. The highest BCUT2D eigenvalue weighted by molar-refractivity contribution is 5.50. The summed E-state index contributed by atoms with van der Waals surface area (Å²) in [4.78, 5) is 9.82. The van der Waals surface area contributed by atoms with Gasteiger partial charge in [0.1, 0.15) is 20.3 Å². The van der Waals surface area contributed by atoms with E-state index in [1.54, 1.807) is 0 Å². The Kier molecular flexibility index (Phi) is 6.68. The summed E-state index contributed by atoms with van der Waals surface area (Å²) in [6.07, 6.45) is 6.17. The first-order valence-corrected chi connectivity index (χ1v) is 3.94. The molecule has 1 N–H and O–H groups in total. The van der Waals surface area contributed by atoms with Gasteiger partial charge in [0, 0.05) is 13.0 Å². The molecule has 11 heavy (non-hydrogen) atoms. The van der Waals surface area contributed by atoms with E-state index in [-0.39, 0.29) is 0 Å². The van der Waals surface area contributed by atoms with Gasteiger partial charge in [-0.2, -0.15) is 0 Å². The monoisotopic (exact) mass is 159 g/mol. The van der Waals surface area contributed by atoms with Crippen molar-refractivity contribution in [3.63, 3.8) is 0 Å². The van der Waals surface area contributed by atoms with Crippen LogP contribution in [0.1, 0.15) is 19.3 Å². The lowest BCUT2D eigenvalue weighted by Crippen LogP contribution is -2.11. The third kappa shape index (κ3) is 9.14. The van der Waals surface area contributed by atoms with Crippen molar-refractivity contribution in [1.82, 2.24) is 5.32 Å². The fourth-order valence-corrected chi connectivity index (χ4v) is 0.780. The van der Waals surface area contributed by atoms with Crippen molar-refractivity contribution in [1.29, 1.82) is 0 Å². The third-order valence-electron chi connectivity index (χ3n) is 1.35. The molecule has 0 aromatic rings. The van der Waals surface area contributed by atoms with Gasteiger partial charge < -0.3 is 5.32 Å². The number of carbonyl (C=O) groups is 1. The summed E-state index contributed by atoms with van der Waals surface area (Å²) in [6.45, 7) is 0.796. The van der Waals surface area contributed by atoms with E-state index in [4.69, 9.17) is 0 Å². The van der Waals surface area contributed by atoms with Crippen molar-refractivity contribution >= 4 is 12.6 Å². The molecule has 64 valence electrons. The van der Waals surface area contributed by atoms with Crippen LogP contribution in [0.15, 0.2) is 0 Å². The van der Waals surface area contributed by atoms with Crippen LogP contribution in [-0.4, -0.2) is 37.8 Å². The van der Waals surface area contributed by atoms with E-state index in [1.807, 2.05) is 18.7 Å². The van der Waals surface area contributed by atoms with Crippen molar-refractivity contribution in [2.24, 2.45) is 0 Å². The fraction of sp³-hybridized carbons (Fsp3) is 0.750. The number of hydrogen-bond acceptors (Lipinski definition) is 1. The molecule has 0 radical (unpaired) electrons. The SMILES string of the molecule is C/[N+]([13CH3])=C/CCCCN[13CH]=O. The van der Waals surface area contributed by atoms with Crippen LogP contribution in [0.3, 0.4) is 0 Å². The molecule has 0 aliphatic rings. The predicted molar refractivity (Wildman–Crippen MR) is 46.1 cm³/mol. The number of amides is 1. The highest BCUT2D eigenvalue weighted by Gasteiger charge is 1.88. The van der Waals surface area contributed by atoms with E-state index in [2.05, 4.69) is 11.5 Å². The van der Waals surface area contributed by atoms with Crippen molar-refractivity contribution < 1.29 is 9.37 Å². The van der Waals surface area contributed by atoms with Crippen LogP contribution in [-0.2, 0) is 4.79 Å². The molecule has 0 fully saturated rings. The van der Waals surface area contributed by atoms with E-state index in [1.165, 1.54) is 0 Å². The Morgan fingerprint density at radius 3 is 2.64 bits per heavy atom. The Morgan fingerprint density at radius 1 is 1.36 bits per heavy atom. The zero-order chi connectivity index (χ0) is 8.53. The normalized spacial score (nSPS) is 11.3. The first kappa shape index (κ1) is 10.1. The minimum atomic E-state index is 0.746. The number of nitrogens with one attached hydrogen (secondary N) is 1. The van der Waals surface area contributed by atoms with Crippen molar-refractivity contribution in [2.75, 3.05) is 20.6 Å². The Hall–Kier alpha value is -0.860. The molecule has 0 atom stereocenters. The van der Waals surface area contributed by atoms with Gasteiger partial charge in [0.2, 0.25) is 6.41 Å². The summed E-state index contributed by atoms with van der Waals surface area (Å²) in [5, 5.41) is 2.63. The topological polar surface area (TPSA) is 32.1 Å². The van der Waals surface area contributed by atoms with Crippen LogP contribution in [0.5, 0.6) is 0 Å². The Bertz CT molecular complexity index is 128. The number of hydrogen-bond donors (Lipinski definition) is 1. The lowest BCUT2D eigenvalue weighted by Gasteiger charge is -1.94. The number of unbranched alkanes of at least 4 members (excludes halogenated alkanes) is 2. The summed E-state index contributed by atoms with van der Waals surface area (Å²) in [5.41, 5.74) is 0. The summed E-state index contributed by atoms with van der Waals surface area (Å²) in [7, 11) is 4.04. The molecule has 0 saturated heterocycles. The highest BCUT2D eigenvalue weighted by atomic mass is 16.2. The summed E-state index contributed by atoms with van der Waals surface area (Å²) in [6, 6.07) is 0. The Balaban J connectivity index is 3.02. The van der Waals surface area contributed by atoms with Crippen LogP contribution in [0, 0.1) is 0 Å². The van der Waals surface area contributed by atoms with E-state index < -0.39 is 0 Å². The molecule has 0 saturated carbocycles. The number of rotatable bonds is 6. The second-order valence-corrected chi connectivity index (χ2v) is 2.71. The maximum absolute atomic E-state index is 9.82. The minimum absolute atomic E-state index is 0.746. The van der Waals surface area contributed by atoms with Gasteiger partial charge in [-0.15, -0.1) is 0 Å². The zero-order valence-corrected chi connectivity index (χ0v) is 7.34. The molecular formula is C8H17N2O+. The molecule has 0 aromatic heterocycles. The molecule has 3 nitrogen and oxygen atoms in total. The standard InChI is InChI=1S/C8H16N2O/c1-10(2)7-5-3-4-6-9-8-11/h7-8H,3-6H2,1-2H3/p+1/i1+1,8+1/b10-7+. The maximum atomic E-state index is 9.82. The molecule has 1 amide bonds. The molecule has 0 aromatic carbocycles. The molecule has 0 heterocycles. The average molecular weight is 159 g/mol. The second-order valence-electron chi connectivity index (χ2n) is 2.71. The van der Waals surface area contributed by atoms with Crippen LogP contribution >= 0.6 is 0 Å². The minimum Gasteiger partial charge on any atom is -0.359 e. The fourth-order valence-electron chi connectivity index (χ4n) is 0.780. The molecule has 0 bridgehead atoms. The summed E-state index contributed by atoms with van der Waals surface area (Å²) < 4.78 is 2.05. The lowest BCUT2D eigenvalue weighted by atomic mass is 10.2. The van der Waals surface area contributed by atoms with Crippen molar-refractivity contribution in [2.45, 2.75) is 19.3 Å². The summed E-state index contributed by atoms with van der Waals surface area (Å²) in [5.74, 6) is 0. The van der Waals surface area contributed by atoms with E-state index in [0.29, 0.717) is 0 Å². The molecule has 0 rings (SSSR count). The van der Waals surface area contributed by atoms with Gasteiger partial charge in [-0.1, -0.05) is 0 Å². The number of nitrogens with zero attached hydrogens (tertiary/aromatic N) is 1. The van der Waals surface area contributed by atoms with Gasteiger partial charge in [0.05, 0.1) is 0 Å². The van der Waals surface area contributed by atoms with Gasteiger partial charge in [0.15, 0.2) is 0 Å². The van der Waals surface area contributed by atoms with Crippen LogP contribution in [0.25, 0.3) is 0 Å². The van der Waals surface area contributed by atoms with Gasteiger partial charge in [-0.3, -0.25) is 4.79 Å². The van der Waals surface area contributed by atoms with Crippen LogP contribution < -0.4 is 5.32 Å². The van der Waals surface area contributed by atoms with Gasteiger partial charge in [-0.05, 0) is 12.8 Å². The van der Waals surface area contributed by atoms with Crippen LogP contribution in [0.2, 0.25) is 0 Å². The van der Waals surface area contributed by atoms with Crippen LogP contribution in [0.4, 0.5) is 0 Å². The van der Waals surface area contributed by atoms with E-state index in [0.717, 1.165) is 32.2 Å². The van der Waals surface area contributed by atoms with Crippen molar-refractivity contribution in [3.05, 3.63) is 0 Å². The maximum Gasteiger partial charge on any atom is 0.207 e. The van der Waals surface area contributed by atoms with Gasteiger partial charge in [-0.25, -0.2) is 4.58 Å². The molecule has 0 unspecified atom stereocenters. The smallest absolute Gasteiger partial charge is 0.207 e. The van der Waals surface area contributed by atoms with E-state index in [9.17, 15) is 4.79 Å². The molecular weight excluding hydrogens is 142 g/mol. The Labute approximate surface area is 68.1 Å². The lowest BCUT2D eigenvalue weighted by molar-refractivity contribution is -0.460. The first-order chi connectivity index (χ1) is 5.27. The third-order valence-corrected chi connectivity index (χ3v) is 1.35. The predicted octanol–water partition coefficient (Wildman–Crippen LogP) is 0.246. The molecule has 0 spiro atoms. The number of carbonyl (C=O) groups excluding carboxylic acids is 1. The molecule has 3 heteroatoms. The highest BCUT2D eigenvalue weighted by Crippen LogP contribution is 1.89. The quantitative estimate of drug-likeness (QED) is 0.194. The van der Waals surface area contributed by atoms with Crippen molar-refractivity contribution in [3.8, 4) is 0 Å². The summed E-state index contributed by atoms with van der Waals surface area (Å²) >= 11 is 0. The van der Waals surface area contributed by atoms with Gasteiger partial charge >= 0.3 is 0 Å². The zero-order valence-electron chi connectivity index (χ0n) is 7.34. The first-order valence-electron chi connectivity index (χ1n) is 3.94. The largest absolute Gasteiger partial charge is 0.359 e. The van der Waals surface area contributed by atoms with Gasteiger partial charge in [0.25, 0.3) is 0 Å². The molecule has 0 aliphatic carbocycles. The average Bonchev–Trinajstić information content (AvgIpc) is 1.96.